The molecule has 1 heterocycles. The van der Waals surface area contributed by atoms with Gasteiger partial charge in [-0.05, 0) is 12.8 Å². The number of nitrogens with zero attached hydrogens (tertiary/aromatic N) is 2. The Morgan fingerprint density at radius 3 is 2.79 bits per heavy atom. The second kappa shape index (κ2) is 6.63. The van der Waals surface area contributed by atoms with Gasteiger partial charge < -0.3 is 10.0 Å². The van der Waals surface area contributed by atoms with E-state index in [0.717, 1.165) is 16.4 Å². The topological polar surface area (TPSA) is 39.2 Å². The summed E-state index contributed by atoms with van der Waals surface area (Å²) in [6, 6.07) is 9.95. The van der Waals surface area contributed by atoms with Crippen LogP contribution in [0.2, 0.25) is 0 Å². The van der Waals surface area contributed by atoms with Crippen molar-refractivity contribution in [3.05, 3.63) is 47.7 Å². The van der Waals surface area contributed by atoms with Crippen LogP contribution < -0.4 is 10.0 Å². The largest absolute Gasteiger partial charge is 0.860 e. The number of rotatable bonds is 5. The molecule has 0 atom stereocenters. The molecule has 100 valence electrons. The van der Waals surface area contributed by atoms with E-state index in [0.29, 0.717) is 12.3 Å². The third-order valence-corrected chi connectivity index (χ3v) is 3.69. The Morgan fingerprint density at radius 1 is 1.42 bits per heavy atom. The summed E-state index contributed by atoms with van der Waals surface area (Å²) in [5, 5.41) is 14.6. The van der Waals surface area contributed by atoms with Crippen molar-refractivity contribution in [3.63, 3.8) is 0 Å². The molecule has 5 heteroatoms. The summed E-state index contributed by atoms with van der Waals surface area (Å²) in [5.74, 6) is 0.387. The number of benzene rings is 1. The van der Waals surface area contributed by atoms with E-state index in [4.69, 9.17) is 0 Å². The third kappa shape index (κ3) is 3.30. The molecule has 0 unspecified atom stereocenters. The first-order chi connectivity index (χ1) is 9.26. The predicted molar refractivity (Wildman–Crippen MR) is 82.5 cm³/mol. The van der Waals surface area contributed by atoms with Gasteiger partial charge in [-0.2, -0.15) is 12.6 Å². The van der Waals surface area contributed by atoms with Crippen LogP contribution in [0.4, 0.5) is 5.13 Å². The summed E-state index contributed by atoms with van der Waals surface area (Å²) in [5.41, 5.74) is 1.96. The van der Waals surface area contributed by atoms with Crippen molar-refractivity contribution < 1.29 is 5.11 Å². The second-order valence-corrected chi connectivity index (χ2v) is 5.05. The first kappa shape index (κ1) is 14.0. The summed E-state index contributed by atoms with van der Waals surface area (Å²) >= 11 is 5.53. The normalized spacial score (nSPS) is 11.6. The van der Waals surface area contributed by atoms with Crippen LogP contribution >= 0.6 is 24.0 Å². The zero-order valence-corrected chi connectivity index (χ0v) is 12.3. The monoisotopic (exact) mass is 291 g/mol. The maximum absolute atomic E-state index is 11.9. The molecular formula is C14H15N2OS2-. The molecule has 0 spiro atoms. The average Bonchev–Trinajstić information content (AvgIpc) is 2.90. The van der Waals surface area contributed by atoms with E-state index in [9.17, 15) is 5.11 Å². The number of aromatic nitrogens is 1. The molecule has 0 aliphatic carbocycles. The van der Waals surface area contributed by atoms with Gasteiger partial charge in [0.2, 0.25) is 0 Å². The molecule has 0 amide bonds. The van der Waals surface area contributed by atoms with Gasteiger partial charge >= 0.3 is 0 Å². The van der Waals surface area contributed by atoms with Crippen LogP contribution in [-0.2, 0) is 0 Å². The summed E-state index contributed by atoms with van der Waals surface area (Å²) in [6.07, 6.45) is 1.55. The minimum absolute atomic E-state index is 0.0496. The van der Waals surface area contributed by atoms with Gasteiger partial charge in [-0.25, -0.2) is 4.98 Å². The second-order valence-electron chi connectivity index (χ2n) is 3.85. The lowest BCUT2D eigenvalue weighted by Gasteiger charge is -2.27. The number of thiol groups is 1. The van der Waals surface area contributed by atoms with E-state index < -0.39 is 0 Å². The van der Waals surface area contributed by atoms with Gasteiger partial charge in [-0.15, -0.1) is 11.3 Å². The Hall–Kier alpha value is -1.46. The molecule has 0 aliphatic rings. The van der Waals surface area contributed by atoms with Gasteiger partial charge in [0, 0.05) is 23.2 Å². The van der Waals surface area contributed by atoms with Crippen molar-refractivity contribution in [1.29, 1.82) is 0 Å². The van der Waals surface area contributed by atoms with E-state index in [1.165, 1.54) is 11.3 Å². The molecule has 0 aliphatic heterocycles. The predicted octanol–water partition coefficient (Wildman–Crippen LogP) is 2.77. The number of hydrogen-bond acceptors (Lipinski definition) is 5. The van der Waals surface area contributed by atoms with Crippen molar-refractivity contribution in [3.8, 4) is 11.3 Å². The van der Waals surface area contributed by atoms with Crippen molar-refractivity contribution in [1.82, 2.24) is 4.98 Å². The van der Waals surface area contributed by atoms with E-state index >= 15 is 0 Å². The minimum atomic E-state index is -0.0496. The molecule has 0 radical (unpaired) electrons. The van der Waals surface area contributed by atoms with Crippen LogP contribution in [0, 0.1) is 0 Å². The Labute approximate surface area is 122 Å². The van der Waals surface area contributed by atoms with Crippen LogP contribution in [0.1, 0.15) is 6.92 Å². The highest BCUT2D eigenvalue weighted by Gasteiger charge is 2.09. The fraction of sp³-hybridized carbons (Fsp3) is 0.214. The lowest BCUT2D eigenvalue weighted by Crippen LogP contribution is -2.29. The smallest absolute Gasteiger partial charge is 0.189 e. The van der Waals surface area contributed by atoms with Gasteiger partial charge in [0.05, 0.1) is 5.69 Å². The Kier molecular flexibility index (Phi) is 4.87. The molecular weight excluding hydrogens is 276 g/mol. The fourth-order valence-electron chi connectivity index (χ4n) is 1.70. The van der Waals surface area contributed by atoms with Crippen LogP contribution in [0.5, 0.6) is 0 Å². The first-order valence-corrected chi connectivity index (χ1v) is 7.54. The van der Waals surface area contributed by atoms with Gasteiger partial charge in [-0.1, -0.05) is 36.4 Å². The van der Waals surface area contributed by atoms with Gasteiger partial charge in [0.15, 0.2) is 5.13 Å². The molecule has 1 aromatic heterocycles. The lowest BCUT2D eigenvalue weighted by molar-refractivity contribution is -0.305. The molecule has 0 N–H and O–H groups in total. The summed E-state index contributed by atoms with van der Waals surface area (Å²) in [6.45, 7) is 2.54. The Balaban J connectivity index is 2.27. The molecule has 0 bridgehead atoms. The zero-order valence-electron chi connectivity index (χ0n) is 10.6. The summed E-state index contributed by atoms with van der Waals surface area (Å²) in [7, 11) is 0. The Morgan fingerprint density at radius 2 is 2.16 bits per heavy atom. The maximum Gasteiger partial charge on any atom is 0.189 e. The molecule has 2 rings (SSSR count). The highest BCUT2D eigenvalue weighted by atomic mass is 32.1. The zero-order chi connectivity index (χ0) is 13.7. The molecule has 0 fully saturated rings. The standard InChI is InChI=1S/C14H16N2OS2/c1-2-16(13(17)8-9-18)14-15-12(10-19-14)11-6-4-3-5-7-11/h3-8,10,17-18H,2,9H2,1H3/p-1/b13-8-. The molecule has 2 aromatic rings. The van der Waals surface area contributed by atoms with Gasteiger partial charge in [-0.3, -0.25) is 0 Å². The third-order valence-electron chi connectivity index (χ3n) is 2.64. The number of hydrogen-bond donors (Lipinski definition) is 1. The van der Waals surface area contributed by atoms with Crippen LogP contribution in [-0.4, -0.2) is 17.3 Å². The molecule has 0 saturated heterocycles. The van der Waals surface area contributed by atoms with E-state index in [1.807, 2.05) is 42.6 Å². The Bertz CT molecular complexity index is 552. The molecule has 3 nitrogen and oxygen atoms in total. The van der Waals surface area contributed by atoms with E-state index in [1.54, 1.807) is 11.0 Å². The maximum atomic E-state index is 11.9. The molecule has 1 aromatic carbocycles. The van der Waals surface area contributed by atoms with Crippen molar-refractivity contribution >= 4 is 29.1 Å². The van der Waals surface area contributed by atoms with E-state index in [-0.39, 0.29) is 5.88 Å². The van der Waals surface area contributed by atoms with Gasteiger partial charge in [0.25, 0.3) is 0 Å². The molecule has 0 saturated carbocycles. The summed E-state index contributed by atoms with van der Waals surface area (Å²) < 4.78 is 0. The summed E-state index contributed by atoms with van der Waals surface area (Å²) in [4.78, 5) is 6.19. The highest BCUT2D eigenvalue weighted by Crippen LogP contribution is 2.28. The molecule has 19 heavy (non-hydrogen) atoms. The highest BCUT2D eigenvalue weighted by molar-refractivity contribution is 7.80. The lowest BCUT2D eigenvalue weighted by atomic mass is 10.2. The van der Waals surface area contributed by atoms with Crippen molar-refractivity contribution in [2.24, 2.45) is 0 Å². The SMILES string of the molecule is CCN(/C([O-])=C/CS)c1nc(-c2ccccc2)cs1. The van der Waals surface area contributed by atoms with E-state index in [2.05, 4.69) is 17.6 Å². The quantitative estimate of drug-likeness (QED) is 0.680. The van der Waals surface area contributed by atoms with Crippen molar-refractivity contribution in [2.45, 2.75) is 6.92 Å². The van der Waals surface area contributed by atoms with Crippen molar-refractivity contribution in [2.75, 3.05) is 17.2 Å². The van der Waals surface area contributed by atoms with Crippen LogP contribution in [0.3, 0.4) is 0 Å². The van der Waals surface area contributed by atoms with Gasteiger partial charge in [0.1, 0.15) is 0 Å². The number of anilines is 1. The fourth-order valence-corrected chi connectivity index (χ4v) is 2.76. The first-order valence-electron chi connectivity index (χ1n) is 6.02. The minimum Gasteiger partial charge on any atom is -0.860 e. The van der Waals surface area contributed by atoms with Crippen LogP contribution in [0.15, 0.2) is 47.7 Å². The average molecular weight is 291 g/mol. The number of thiazole rings is 1. The van der Waals surface area contributed by atoms with Crippen LogP contribution in [0.25, 0.3) is 11.3 Å².